The third-order valence-electron chi connectivity index (χ3n) is 3.84. The van der Waals surface area contributed by atoms with Crippen LogP contribution in [0, 0.1) is 5.92 Å². The van der Waals surface area contributed by atoms with Gasteiger partial charge in [-0.15, -0.1) is 0 Å². The first-order valence-corrected chi connectivity index (χ1v) is 8.28. The Labute approximate surface area is 152 Å². The maximum atomic E-state index is 13.3. The van der Waals surface area contributed by atoms with Crippen molar-refractivity contribution in [1.29, 1.82) is 0 Å². The van der Waals surface area contributed by atoms with Crippen LogP contribution in [0.15, 0.2) is 36.8 Å². The Morgan fingerprint density at radius 3 is 2.77 bits per heavy atom. The minimum atomic E-state index is -4.68. The van der Waals surface area contributed by atoms with E-state index in [1.54, 1.807) is 0 Å². The summed E-state index contributed by atoms with van der Waals surface area (Å²) in [6.45, 7) is 0.450. The third-order valence-corrected chi connectivity index (χ3v) is 4.13. The Morgan fingerprint density at radius 2 is 2.15 bits per heavy atom. The molecule has 1 fully saturated rings. The molecule has 0 radical (unpaired) electrons. The van der Waals surface area contributed by atoms with E-state index in [0.29, 0.717) is 12.5 Å². The first-order chi connectivity index (χ1) is 12.3. The van der Waals surface area contributed by atoms with Gasteiger partial charge in [0.25, 0.3) is 5.91 Å². The molecule has 1 amide bonds. The van der Waals surface area contributed by atoms with Crippen LogP contribution in [0.3, 0.4) is 0 Å². The standard InChI is InChI=1S/C17H15ClF3N3O2/c18-12-8-23-13(6-14(12)26-9-10-3-4-10)16(25)24-15(17(19,20)21)11-2-1-5-22-7-11/h1-2,5-8,10,15H,3-4,9H2,(H,24,25)/t15-/m1/s1. The van der Waals surface area contributed by atoms with Crippen LogP contribution in [-0.2, 0) is 0 Å². The maximum Gasteiger partial charge on any atom is 0.412 e. The van der Waals surface area contributed by atoms with Gasteiger partial charge in [-0.1, -0.05) is 17.7 Å². The van der Waals surface area contributed by atoms with E-state index in [-0.39, 0.29) is 22.0 Å². The molecule has 138 valence electrons. The Balaban J connectivity index is 1.77. The number of nitrogens with one attached hydrogen (secondary N) is 1. The van der Waals surface area contributed by atoms with Crippen molar-refractivity contribution < 1.29 is 22.7 Å². The van der Waals surface area contributed by atoms with E-state index >= 15 is 0 Å². The number of pyridine rings is 2. The second-order valence-electron chi connectivity index (χ2n) is 5.99. The minimum absolute atomic E-state index is 0.174. The number of rotatable bonds is 6. The average Bonchev–Trinajstić information content (AvgIpc) is 3.43. The number of carbonyl (C=O) groups excluding carboxylic acids is 1. The fourth-order valence-corrected chi connectivity index (χ4v) is 2.41. The molecule has 0 saturated heterocycles. The third kappa shape index (κ3) is 4.63. The molecule has 26 heavy (non-hydrogen) atoms. The number of halogens is 4. The monoisotopic (exact) mass is 385 g/mol. The number of alkyl halides is 3. The molecule has 2 aromatic heterocycles. The molecule has 0 bridgehead atoms. The van der Waals surface area contributed by atoms with Gasteiger partial charge in [0.2, 0.25) is 0 Å². The molecule has 1 N–H and O–H groups in total. The average molecular weight is 386 g/mol. The predicted octanol–water partition coefficient (Wildman–Crippen LogP) is 3.95. The highest BCUT2D eigenvalue weighted by atomic mass is 35.5. The van der Waals surface area contributed by atoms with E-state index in [9.17, 15) is 18.0 Å². The Bertz CT molecular complexity index is 783. The molecule has 1 aliphatic rings. The molecule has 3 rings (SSSR count). The lowest BCUT2D eigenvalue weighted by molar-refractivity contribution is -0.155. The van der Waals surface area contributed by atoms with Gasteiger partial charge < -0.3 is 10.1 Å². The fraction of sp³-hybridized carbons (Fsp3) is 0.353. The zero-order valence-electron chi connectivity index (χ0n) is 13.5. The number of amides is 1. The van der Waals surface area contributed by atoms with Crippen LogP contribution in [-0.4, -0.2) is 28.7 Å². The Hall–Kier alpha value is -2.35. The Morgan fingerprint density at radius 1 is 1.38 bits per heavy atom. The van der Waals surface area contributed by atoms with E-state index < -0.39 is 18.1 Å². The maximum absolute atomic E-state index is 13.3. The zero-order chi connectivity index (χ0) is 18.7. The van der Waals surface area contributed by atoms with Crippen molar-refractivity contribution in [2.75, 3.05) is 6.61 Å². The van der Waals surface area contributed by atoms with Crippen molar-refractivity contribution in [2.24, 2.45) is 5.92 Å². The lowest BCUT2D eigenvalue weighted by Crippen LogP contribution is -2.38. The topological polar surface area (TPSA) is 64.1 Å². The molecule has 2 heterocycles. The van der Waals surface area contributed by atoms with Crippen LogP contribution in [0.25, 0.3) is 0 Å². The van der Waals surface area contributed by atoms with Crippen molar-refractivity contribution in [2.45, 2.75) is 25.1 Å². The number of aromatic nitrogens is 2. The number of ether oxygens (including phenoxy) is 1. The molecular weight excluding hydrogens is 371 g/mol. The summed E-state index contributed by atoms with van der Waals surface area (Å²) in [4.78, 5) is 19.8. The lowest BCUT2D eigenvalue weighted by Gasteiger charge is -2.21. The van der Waals surface area contributed by atoms with Gasteiger partial charge in [-0.25, -0.2) is 4.98 Å². The van der Waals surface area contributed by atoms with Crippen LogP contribution >= 0.6 is 11.6 Å². The SMILES string of the molecule is O=C(N[C@H](c1cccnc1)C(F)(F)F)c1cc(OCC2CC2)c(Cl)cn1. The van der Waals surface area contributed by atoms with E-state index in [0.717, 1.165) is 19.0 Å². The highest BCUT2D eigenvalue weighted by Crippen LogP contribution is 2.33. The van der Waals surface area contributed by atoms with Crippen molar-refractivity contribution in [1.82, 2.24) is 15.3 Å². The highest BCUT2D eigenvalue weighted by Gasteiger charge is 2.42. The predicted molar refractivity (Wildman–Crippen MR) is 88.0 cm³/mol. The van der Waals surface area contributed by atoms with Crippen molar-refractivity contribution in [3.63, 3.8) is 0 Å². The Kier molecular flexibility index (Phi) is 5.31. The first-order valence-electron chi connectivity index (χ1n) is 7.90. The van der Waals surface area contributed by atoms with Gasteiger partial charge in [-0.05, 0) is 24.8 Å². The molecule has 0 aliphatic heterocycles. The van der Waals surface area contributed by atoms with Crippen LogP contribution in [0.1, 0.15) is 34.9 Å². The molecule has 1 saturated carbocycles. The van der Waals surface area contributed by atoms with Gasteiger partial charge >= 0.3 is 6.18 Å². The lowest BCUT2D eigenvalue weighted by atomic mass is 10.1. The summed E-state index contributed by atoms with van der Waals surface area (Å²) in [6.07, 6.45) is 1.03. The van der Waals surface area contributed by atoms with Gasteiger partial charge in [0.15, 0.2) is 6.04 Å². The normalized spacial score (nSPS) is 15.4. The van der Waals surface area contributed by atoms with Crippen LogP contribution in [0.4, 0.5) is 13.2 Å². The van der Waals surface area contributed by atoms with Crippen molar-refractivity contribution >= 4 is 17.5 Å². The summed E-state index contributed by atoms with van der Waals surface area (Å²) in [7, 11) is 0. The fourth-order valence-electron chi connectivity index (χ4n) is 2.25. The van der Waals surface area contributed by atoms with Crippen LogP contribution < -0.4 is 10.1 Å². The second kappa shape index (κ2) is 7.49. The first kappa shape index (κ1) is 18.4. The summed E-state index contributed by atoms with van der Waals surface area (Å²) in [5, 5.41) is 2.14. The van der Waals surface area contributed by atoms with Crippen molar-refractivity contribution in [3.05, 3.63) is 53.1 Å². The largest absolute Gasteiger partial charge is 0.492 e. The minimum Gasteiger partial charge on any atom is -0.492 e. The van der Waals surface area contributed by atoms with E-state index in [2.05, 4.69) is 9.97 Å². The second-order valence-corrected chi connectivity index (χ2v) is 6.40. The molecule has 9 heteroatoms. The smallest absolute Gasteiger partial charge is 0.412 e. The summed E-state index contributed by atoms with van der Waals surface area (Å²) in [5.74, 6) is -0.301. The van der Waals surface area contributed by atoms with E-state index in [1.807, 2.05) is 5.32 Å². The summed E-state index contributed by atoms with van der Waals surface area (Å²) < 4.78 is 45.5. The summed E-state index contributed by atoms with van der Waals surface area (Å²) in [6, 6.07) is 1.66. The quantitative estimate of drug-likeness (QED) is 0.817. The van der Waals surface area contributed by atoms with Gasteiger partial charge in [0, 0.05) is 24.0 Å². The summed E-state index contributed by atoms with van der Waals surface area (Å²) in [5.41, 5.74) is -0.383. The molecule has 2 aromatic rings. The molecule has 5 nitrogen and oxygen atoms in total. The highest BCUT2D eigenvalue weighted by molar-refractivity contribution is 6.32. The molecule has 1 atom stereocenters. The number of nitrogens with zero attached hydrogens (tertiary/aromatic N) is 2. The molecule has 0 spiro atoms. The van der Waals surface area contributed by atoms with Gasteiger partial charge in [0.05, 0.1) is 12.8 Å². The van der Waals surface area contributed by atoms with Gasteiger partial charge in [0.1, 0.15) is 16.5 Å². The summed E-state index contributed by atoms with van der Waals surface area (Å²) >= 11 is 5.97. The molecule has 1 aliphatic carbocycles. The zero-order valence-corrected chi connectivity index (χ0v) is 14.2. The van der Waals surface area contributed by atoms with Crippen LogP contribution in [0.5, 0.6) is 5.75 Å². The van der Waals surface area contributed by atoms with E-state index in [1.165, 1.54) is 30.6 Å². The number of hydrogen-bond donors (Lipinski definition) is 1. The number of hydrogen-bond acceptors (Lipinski definition) is 4. The molecular formula is C17H15ClF3N3O2. The van der Waals surface area contributed by atoms with E-state index in [4.69, 9.17) is 16.3 Å². The van der Waals surface area contributed by atoms with Gasteiger partial charge in [-0.2, -0.15) is 13.2 Å². The van der Waals surface area contributed by atoms with Crippen molar-refractivity contribution in [3.8, 4) is 5.75 Å². The molecule has 0 aromatic carbocycles. The molecule has 0 unspecified atom stereocenters. The van der Waals surface area contributed by atoms with Gasteiger partial charge in [-0.3, -0.25) is 9.78 Å². The number of carbonyl (C=O) groups is 1. The van der Waals surface area contributed by atoms with Crippen LogP contribution in [0.2, 0.25) is 5.02 Å².